The van der Waals surface area contributed by atoms with Gasteiger partial charge in [0.25, 0.3) is 0 Å². The van der Waals surface area contributed by atoms with Crippen molar-refractivity contribution >= 4 is 5.69 Å². The summed E-state index contributed by atoms with van der Waals surface area (Å²) in [6.45, 7) is 5.27. The Kier molecular flexibility index (Phi) is 5.43. The van der Waals surface area contributed by atoms with E-state index in [1.807, 2.05) is 24.0 Å². The normalized spacial score (nSPS) is 16.2. The minimum Gasteiger partial charge on any atom is -0.378 e. The second kappa shape index (κ2) is 7.73. The smallest absolute Gasteiger partial charge is 0.146 e. The number of hydrogen-bond acceptors (Lipinski definition) is 3. The Labute approximate surface area is 141 Å². The fourth-order valence-electron chi connectivity index (χ4n) is 2.86. The number of hydrogen-bond donors (Lipinski definition) is 1. The molecule has 1 fully saturated rings. The van der Waals surface area contributed by atoms with Gasteiger partial charge in [0.05, 0.1) is 18.9 Å². The summed E-state index contributed by atoms with van der Waals surface area (Å²) in [5.41, 5.74) is 2.52. The number of nitrogens with one attached hydrogen (secondary N) is 1. The Morgan fingerprint density at radius 2 is 1.79 bits per heavy atom. The molecule has 2 aromatic carbocycles. The van der Waals surface area contributed by atoms with Gasteiger partial charge in [0.15, 0.2) is 0 Å². The molecule has 1 atom stereocenters. The zero-order valence-electron chi connectivity index (χ0n) is 13.8. The van der Waals surface area contributed by atoms with Gasteiger partial charge in [-0.3, -0.25) is 0 Å². The molecule has 1 unspecified atom stereocenters. The molecule has 1 N–H and O–H groups in total. The molecule has 0 saturated carbocycles. The van der Waals surface area contributed by atoms with Gasteiger partial charge < -0.3 is 15.0 Å². The fourth-order valence-corrected chi connectivity index (χ4v) is 2.86. The molecule has 0 spiro atoms. The molecule has 0 bridgehead atoms. The van der Waals surface area contributed by atoms with Crippen LogP contribution in [0.5, 0.6) is 0 Å². The van der Waals surface area contributed by atoms with Crippen molar-refractivity contribution in [3.8, 4) is 0 Å². The van der Waals surface area contributed by atoms with Crippen molar-refractivity contribution in [2.24, 2.45) is 0 Å². The third kappa shape index (κ3) is 4.10. The fraction of sp³-hybridized carbons (Fsp3) is 0.368. The van der Waals surface area contributed by atoms with E-state index in [0.29, 0.717) is 25.4 Å². The third-order valence-corrected chi connectivity index (χ3v) is 4.35. The number of benzene rings is 2. The molecule has 0 radical (unpaired) electrons. The highest BCUT2D eigenvalue weighted by Gasteiger charge is 2.15. The Bertz CT molecular complexity index is 670. The van der Waals surface area contributed by atoms with E-state index in [4.69, 9.17) is 4.74 Å². The number of ether oxygens (including phenoxy) is 1. The average Bonchev–Trinajstić information content (AvgIpc) is 2.61. The molecule has 128 valence electrons. The van der Waals surface area contributed by atoms with Crippen LogP contribution in [0.25, 0.3) is 0 Å². The molecule has 0 amide bonds. The molecular formula is C19H22F2N2O. The van der Waals surface area contributed by atoms with Crippen molar-refractivity contribution in [2.75, 3.05) is 31.2 Å². The molecule has 1 heterocycles. The summed E-state index contributed by atoms with van der Waals surface area (Å²) in [5, 5.41) is 3.34. The van der Waals surface area contributed by atoms with Crippen LogP contribution >= 0.6 is 0 Å². The van der Waals surface area contributed by atoms with E-state index in [1.165, 1.54) is 12.1 Å². The summed E-state index contributed by atoms with van der Waals surface area (Å²) < 4.78 is 32.6. The second-order valence-corrected chi connectivity index (χ2v) is 6.04. The van der Waals surface area contributed by atoms with Crippen LogP contribution in [0.4, 0.5) is 14.5 Å². The molecule has 3 nitrogen and oxygen atoms in total. The van der Waals surface area contributed by atoms with Gasteiger partial charge in [-0.15, -0.1) is 0 Å². The lowest BCUT2D eigenvalue weighted by Crippen LogP contribution is -2.36. The monoisotopic (exact) mass is 332 g/mol. The van der Waals surface area contributed by atoms with Crippen molar-refractivity contribution in [1.29, 1.82) is 0 Å². The van der Waals surface area contributed by atoms with Crippen molar-refractivity contribution in [3.63, 3.8) is 0 Å². The van der Waals surface area contributed by atoms with Gasteiger partial charge in [0.1, 0.15) is 11.6 Å². The highest BCUT2D eigenvalue weighted by molar-refractivity contribution is 5.49. The lowest BCUT2D eigenvalue weighted by Gasteiger charge is -2.29. The number of anilines is 1. The molecule has 1 aliphatic heterocycles. The summed E-state index contributed by atoms with van der Waals surface area (Å²) in [4.78, 5) is 2.01. The minimum absolute atomic E-state index is 0.0626. The first-order valence-electron chi connectivity index (χ1n) is 8.23. The topological polar surface area (TPSA) is 24.5 Å². The predicted molar refractivity (Wildman–Crippen MR) is 91.1 cm³/mol. The van der Waals surface area contributed by atoms with E-state index in [9.17, 15) is 8.78 Å². The largest absolute Gasteiger partial charge is 0.378 e. The summed E-state index contributed by atoms with van der Waals surface area (Å²) >= 11 is 0. The van der Waals surface area contributed by atoms with Crippen molar-refractivity contribution in [2.45, 2.75) is 19.5 Å². The van der Waals surface area contributed by atoms with Crippen LogP contribution in [0, 0.1) is 11.6 Å². The van der Waals surface area contributed by atoms with Crippen LogP contribution in [0.2, 0.25) is 0 Å². The van der Waals surface area contributed by atoms with Crippen LogP contribution in [-0.4, -0.2) is 26.3 Å². The lowest BCUT2D eigenvalue weighted by atomic mass is 10.1. The number of nitrogens with zero attached hydrogens (tertiary/aromatic N) is 1. The molecule has 3 rings (SSSR count). The Balaban J connectivity index is 1.61. The summed E-state index contributed by atoms with van der Waals surface area (Å²) in [5.74, 6) is -0.447. The first-order valence-corrected chi connectivity index (χ1v) is 8.23. The van der Waals surface area contributed by atoms with E-state index >= 15 is 0 Å². The second-order valence-electron chi connectivity index (χ2n) is 6.04. The van der Waals surface area contributed by atoms with Gasteiger partial charge in [-0.2, -0.15) is 0 Å². The van der Waals surface area contributed by atoms with Gasteiger partial charge in [-0.25, -0.2) is 8.78 Å². The zero-order valence-corrected chi connectivity index (χ0v) is 13.8. The lowest BCUT2D eigenvalue weighted by molar-refractivity contribution is 0.122. The van der Waals surface area contributed by atoms with Gasteiger partial charge in [0, 0.05) is 25.7 Å². The van der Waals surface area contributed by atoms with E-state index in [2.05, 4.69) is 5.32 Å². The van der Waals surface area contributed by atoms with Crippen molar-refractivity contribution < 1.29 is 13.5 Å². The average molecular weight is 332 g/mol. The van der Waals surface area contributed by atoms with Gasteiger partial charge in [-0.1, -0.05) is 18.2 Å². The molecule has 5 heteroatoms. The van der Waals surface area contributed by atoms with E-state index in [1.54, 1.807) is 18.2 Å². The highest BCUT2D eigenvalue weighted by Crippen LogP contribution is 2.22. The van der Waals surface area contributed by atoms with Gasteiger partial charge in [-0.05, 0) is 42.3 Å². The molecule has 24 heavy (non-hydrogen) atoms. The minimum atomic E-state index is -0.244. The summed E-state index contributed by atoms with van der Waals surface area (Å²) in [6, 6.07) is 11.8. The van der Waals surface area contributed by atoms with Crippen molar-refractivity contribution in [1.82, 2.24) is 5.32 Å². The van der Waals surface area contributed by atoms with Gasteiger partial charge >= 0.3 is 0 Å². The maximum Gasteiger partial charge on any atom is 0.146 e. The van der Waals surface area contributed by atoms with E-state index in [0.717, 1.165) is 24.2 Å². The first kappa shape index (κ1) is 16.9. The van der Waals surface area contributed by atoms with Crippen LogP contribution < -0.4 is 10.2 Å². The molecule has 1 aliphatic rings. The molecule has 1 saturated heterocycles. The summed E-state index contributed by atoms with van der Waals surface area (Å²) in [6.07, 6.45) is 0. The maximum atomic E-state index is 14.4. The predicted octanol–water partition coefficient (Wildman–Crippen LogP) is 3.65. The highest BCUT2D eigenvalue weighted by atomic mass is 19.1. The van der Waals surface area contributed by atoms with E-state index < -0.39 is 0 Å². The van der Waals surface area contributed by atoms with Crippen LogP contribution in [-0.2, 0) is 11.3 Å². The molecule has 0 aliphatic carbocycles. The standard InChI is InChI=1S/C19H22F2N2O/c1-14(16-3-5-17(20)6-4-16)22-13-15-2-7-19(18(21)12-15)23-8-10-24-11-9-23/h2-7,12,14,22H,8-11,13H2,1H3. The van der Waals surface area contributed by atoms with Crippen LogP contribution in [0.3, 0.4) is 0 Å². The third-order valence-electron chi connectivity index (χ3n) is 4.35. The summed E-state index contributed by atoms with van der Waals surface area (Å²) in [7, 11) is 0. The van der Waals surface area contributed by atoms with Crippen LogP contribution in [0.1, 0.15) is 24.1 Å². The number of rotatable bonds is 5. The Hall–Kier alpha value is -1.98. The number of morpholine rings is 1. The van der Waals surface area contributed by atoms with Crippen LogP contribution in [0.15, 0.2) is 42.5 Å². The SMILES string of the molecule is CC(NCc1ccc(N2CCOCC2)c(F)c1)c1ccc(F)cc1. The molecule has 2 aromatic rings. The Morgan fingerprint density at radius 3 is 2.46 bits per heavy atom. The molecular weight excluding hydrogens is 310 g/mol. The molecule has 0 aromatic heterocycles. The zero-order chi connectivity index (χ0) is 16.9. The quantitative estimate of drug-likeness (QED) is 0.904. The first-order chi connectivity index (χ1) is 11.6. The van der Waals surface area contributed by atoms with Crippen molar-refractivity contribution in [3.05, 3.63) is 65.2 Å². The maximum absolute atomic E-state index is 14.4. The number of halogens is 2. The van der Waals surface area contributed by atoms with Gasteiger partial charge in [0.2, 0.25) is 0 Å². The van der Waals surface area contributed by atoms with E-state index in [-0.39, 0.29) is 17.7 Å². The Morgan fingerprint density at radius 1 is 1.08 bits per heavy atom.